The molecule has 0 aliphatic carbocycles. The minimum atomic E-state index is -0.192. The summed E-state index contributed by atoms with van der Waals surface area (Å²) < 4.78 is 6.51. The van der Waals surface area contributed by atoms with E-state index >= 15 is 0 Å². The predicted molar refractivity (Wildman–Crippen MR) is 99.9 cm³/mol. The maximum absolute atomic E-state index is 12.6. The SMILES string of the molecule is Cc1noc(C)c1C(=O)N1CC(n2nc(-c3ccc(Cl)cc3)ccc2=O)C1. The van der Waals surface area contributed by atoms with Crippen LogP contribution >= 0.6 is 11.6 Å². The number of hydrogen-bond acceptors (Lipinski definition) is 5. The summed E-state index contributed by atoms with van der Waals surface area (Å²) in [4.78, 5) is 26.5. The summed E-state index contributed by atoms with van der Waals surface area (Å²) in [6.07, 6.45) is 0. The van der Waals surface area contributed by atoms with E-state index in [0.29, 0.717) is 40.8 Å². The number of amides is 1. The number of benzene rings is 1. The normalized spacial score (nSPS) is 14.3. The standard InChI is InChI=1S/C19H17ClN4O3/c1-11-18(12(2)27-22-11)19(26)23-9-15(10-23)24-17(25)8-7-16(21-24)13-3-5-14(20)6-4-13/h3-8,15H,9-10H2,1-2H3. The van der Waals surface area contributed by atoms with E-state index in [1.54, 1.807) is 36.9 Å². The van der Waals surface area contributed by atoms with Crippen LogP contribution in [0.5, 0.6) is 0 Å². The molecule has 0 bridgehead atoms. The Balaban J connectivity index is 1.54. The van der Waals surface area contributed by atoms with Crippen LogP contribution in [-0.4, -0.2) is 38.8 Å². The number of aromatic nitrogens is 3. The van der Waals surface area contributed by atoms with E-state index in [-0.39, 0.29) is 17.5 Å². The molecule has 1 aliphatic rings. The molecule has 0 N–H and O–H groups in total. The van der Waals surface area contributed by atoms with Crippen molar-refractivity contribution in [1.82, 2.24) is 19.8 Å². The molecule has 0 unspecified atom stereocenters. The first-order valence-corrected chi connectivity index (χ1v) is 8.90. The van der Waals surface area contributed by atoms with Crippen molar-refractivity contribution in [2.45, 2.75) is 19.9 Å². The van der Waals surface area contributed by atoms with Crippen molar-refractivity contribution in [1.29, 1.82) is 0 Å². The van der Waals surface area contributed by atoms with Crippen LogP contribution in [0.2, 0.25) is 5.02 Å². The first-order valence-electron chi connectivity index (χ1n) is 8.52. The molecule has 138 valence electrons. The van der Waals surface area contributed by atoms with E-state index in [0.717, 1.165) is 5.56 Å². The molecule has 3 aromatic rings. The Morgan fingerprint density at radius 2 is 1.85 bits per heavy atom. The molecular weight excluding hydrogens is 368 g/mol. The molecule has 0 saturated carbocycles. The van der Waals surface area contributed by atoms with Gasteiger partial charge in [0.2, 0.25) is 0 Å². The van der Waals surface area contributed by atoms with Crippen molar-refractivity contribution in [3.05, 3.63) is 68.8 Å². The van der Waals surface area contributed by atoms with Crippen molar-refractivity contribution < 1.29 is 9.32 Å². The van der Waals surface area contributed by atoms with Gasteiger partial charge in [-0.05, 0) is 32.0 Å². The molecule has 1 fully saturated rings. The van der Waals surface area contributed by atoms with Gasteiger partial charge in [0.15, 0.2) is 0 Å². The van der Waals surface area contributed by atoms with Crippen LogP contribution in [0.1, 0.15) is 27.9 Å². The van der Waals surface area contributed by atoms with Crippen molar-refractivity contribution >= 4 is 17.5 Å². The minimum absolute atomic E-state index is 0.135. The van der Waals surface area contributed by atoms with E-state index in [4.69, 9.17) is 16.1 Å². The highest BCUT2D eigenvalue weighted by Crippen LogP contribution is 2.25. The second-order valence-corrected chi connectivity index (χ2v) is 7.01. The highest BCUT2D eigenvalue weighted by molar-refractivity contribution is 6.30. The zero-order valence-electron chi connectivity index (χ0n) is 14.8. The van der Waals surface area contributed by atoms with Gasteiger partial charge in [-0.3, -0.25) is 9.59 Å². The number of likely N-dealkylation sites (tertiary alicyclic amines) is 1. The largest absolute Gasteiger partial charge is 0.361 e. The van der Waals surface area contributed by atoms with Crippen LogP contribution in [0, 0.1) is 13.8 Å². The van der Waals surface area contributed by atoms with E-state index in [1.165, 1.54) is 10.7 Å². The molecule has 0 atom stereocenters. The summed E-state index contributed by atoms with van der Waals surface area (Å²) >= 11 is 5.92. The first-order chi connectivity index (χ1) is 12.9. The van der Waals surface area contributed by atoms with Gasteiger partial charge in [0, 0.05) is 29.7 Å². The van der Waals surface area contributed by atoms with Crippen molar-refractivity contribution in [3.8, 4) is 11.3 Å². The number of carbonyl (C=O) groups is 1. The van der Waals surface area contributed by atoms with Crippen LogP contribution in [-0.2, 0) is 0 Å². The maximum Gasteiger partial charge on any atom is 0.267 e. The molecule has 0 radical (unpaired) electrons. The lowest BCUT2D eigenvalue weighted by Gasteiger charge is -2.39. The van der Waals surface area contributed by atoms with Gasteiger partial charge in [0.05, 0.1) is 17.4 Å². The summed E-state index contributed by atoms with van der Waals surface area (Å²) in [5.74, 6) is 0.366. The molecule has 3 heterocycles. The lowest BCUT2D eigenvalue weighted by Crippen LogP contribution is -2.53. The fourth-order valence-electron chi connectivity index (χ4n) is 3.18. The molecule has 27 heavy (non-hydrogen) atoms. The van der Waals surface area contributed by atoms with Crippen molar-refractivity contribution in [2.75, 3.05) is 13.1 Å². The lowest BCUT2D eigenvalue weighted by atomic mass is 10.1. The number of rotatable bonds is 3. The Bertz CT molecular complexity index is 1050. The summed E-state index contributed by atoms with van der Waals surface area (Å²) in [7, 11) is 0. The van der Waals surface area contributed by atoms with Gasteiger partial charge >= 0.3 is 0 Å². The Hall–Kier alpha value is -2.93. The Kier molecular flexibility index (Phi) is 4.31. The van der Waals surface area contributed by atoms with Gasteiger partial charge in [-0.2, -0.15) is 5.10 Å². The average Bonchev–Trinajstić information content (AvgIpc) is 2.94. The maximum atomic E-state index is 12.6. The fraction of sp³-hybridized carbons (Fsp3) is 0.263. The smallest absolute Gasteiger partial charge is 0.267 e. The molecule has 1 aromatic carbocycles. The molecule has 1 amide bonds. The number of aryl methyl sites for hydroxylation is 2. The lowest BCUT2D eigenvalue weighted by molar-refractivity contribution is 0.0491. The van der Waals surface area contributed by atoms with Crippen LogP contribution < -0.4 is 5.56 Å². The number of carbonyl (C=O) groups excluding carboxylic acids is 1. The topological polar surface area (TPSA) is 81.2 Å². The van der Waals surface area contributed by atoms with Gasteiger partial charge < -0.3 is 9.42 Å². The molecule has 7 nitrogen and oxygen atoms in total. The van der Waals surface area contributed by atoms with Gasteiger partial charge in [-0.15, -0.1) is 0 Å². The summed E-state index contributed by atoms with van der Waals surface area (Å²) in [5.41, 5.74) is 2.42. The summed E-state index contributed by atoms with van der Waals surface area (Å²) in [6.45, 7) is 4.29. The van der Waals surface area contributed by atoms with Gasteiger partial charge in [-0.25, -0.2) is 4.68 Å². The Morgan fingerprint density at radius 1 is 1.15 bits per heavy atom. The molecule has 2 aromatic heterocycles. The zero-order valence-corrected chi connectivity index (χ0v) is 15.6. The van der Waals surface area contributed by atoms with E-state index in [2.05, 4.69) is 10.3 Å². The average molecular weight is 385 g/mol. The highest BCUT2D eigenvalue weighted by Gasteiger charge is 2.36. The van der Waals surface area contributed by atoms with Crippen LogP contribution in [0.25, 0.3) is 11.3 Å². The van der Waals surface area contributed by atoms with Crippen molar-refractivity contribution in [3.63, 3.8) is 0 Å². The van der Waals surface area contributed by atoms with Gasteiger partial charge in [-0.1, -0.05) is 28.9 Å². The minimum Gasteiger partial charge on any atom is -0.361 e. The van der Waals surface area contributed by atoms with Crippen LogP contribution in [0.4, 0.5) is 0 Å². The molecule has 8 heteroatoms. The van der Waals surface area contributed by atoms with Gasteiger partial charge in [0.25, 0.3) is 11.5 Å². The van der Waals surface area contributed by atoms with E-state index in [9.17, 15) is 9.59 Å². The third-order valence-corrected chi connectivity index (χ3v) is 4.96. The zero-order chi connectivity index (χ0) is 19.1. The predicted octanol–water partition coefficient (Wildman–Crippen LogP) is 2.87. The second-order valence-electron chi connectivity index (χ2n) is 6.57. The summed E-state index contributed by atoms with van der Waals surface area (Å²) in [5, 5.41) is 8.94. The number of halogens is 1. The first kappa shape index (κ1) is 17.5. The Labute approximate surface area is 160 Å². The Morgan fingerprint density at radius 3 is 2.48 bits per heavy atom. The van der Waals surface area contributed by atoms with Crippen molar-refractivity contribution in [2.24, 2.45) is 0 Å². The van der Waals surface area contributed by atoms with Crippen LogP contribution in [0.3, 0.4) is 0 Å². The molecule has 1 aliphatic heterocycles. The van der Waals surface area contributed by atoms with Crippen LogP contribution in [0.15, 0.2) is 45.7 Å². The number of hydrogen-bond donors (Lipinski definition) is 0. The second kappa shape index (κ2) is 6.66. The third-order valence-electron chi connectivity index (χ3n) is 4.71. The quantitative estimate of drug-likeness (QED) is 0.693. The number of nitrogens with zero attached hydrogens (tertiary/aromatic N) is 4. The van der Waals surface area contributed by atoms with E-state index in [1.807, 2.05) is 12.1 Å². The fourth-order valence-corrected chi connectivity index (χ4v) is 3.31. The molecule has 4 rings (SSSR count). The highest BCUT2D eigenvalue weighted by atomic mass is 35.5. The summed E-state index contributed by atoms with van der Waals surface area (Å²) in [6, 6.07) is 10.3. The molecule has 0 spiro atoms. The molecular formula is C19H17ClN4O3. The third kappa shape index (κ3) is 3.14. The molecule has 1 saturated heterocycles. The monoisotopic (exact) mass is 384 g/mol. The van der Waals surface area contributed by atoms with Gasteiger partial charge in [0.1, 0.15) is 11.3 Å². The van der Waals surface area contributed by atoms with E-state index < -0.39 is 0 Å².